The van der Waals surface area contributed by atoms with Gasteiger partial charge in [0.05, 0.1) is 0 Å². The van der Waals surface area contributed by atoms with E-state index in [1.165, 1.54) is 7.05 Å². The van der Waals surface area contributed by atoms with Crippen LogP contribution >= 0.6 is 11.6 Å². The number of allylic oxidation sites excluding steroid dienone is 1. The number of carbonyl (C=O) groups excluding carboxylic acids is 5. The van der Waals surface area contributed by atoms with Crippen LogP contribution in [0.4, 0.5) is 11.4 Å². The minimum atomic E-state index is -1.11. The fourth-order valence-corrected chi connectivity index (χ4v) is 3.38. The molecule has 0 heterocycles. The van der Waals surface area contributed by atoms with Gasteiger partial charge in [0, 0.05) is 47.2 Å². The van der Waals surface area contributed by atoms with Crippen LogP contribution in [-0.2, 0) is 19.2 Å². The fraction of sp³-hybridized carbons (Fsp3) is 0.240. The summed E-state index contributed by atoms with van der Waals surface area (Å²) in [6.07, 6.45) is 2.06. The molecule has 2 aromatic carbocycles. The Morgan fingerprint density at radius 1 is 1.06 bits per heavy atom. The number of hydrogen-bond donors (Lipinski definition) is 3. The van der Waals surface area contributed by atoms with Gasteiger partial charge in [-0.1, -0.05) is 23.7 Å². The molecule has 0 fully saturated rings. The second-order valence-corrected chi connectivity index (χ2v) is 8.08. The molecule has 0 aliphatic heterocycles. The third kappa shape index (κ3) is 7.79. The number of amides is 4. The highest BCUT2D eigenvalue weighted by Crippen LogP contribution is 2.21. The molecule has 0 saturated heterocycles. The molecule has 0 aliphatic rings. The van der Waals surface area contributed by atoms with E-state index in [-0.39, 0.29) is 25.2 Å². The first-order valence-electron chi connectivity index (χ1n) is 10.8. The number of imide groups is 1. The summed E-state index contributed by atoms with van der Waals surface area (Å²) in [6, 6.07) is 10.7. The van der Waals surface area contributed by atoms with Crippen molar-refractivity contribution >= 4 is 53.4 Å². The summed E-state index contributed by atoms with van der Waals surface area (Å²) in [5, 5.41) is 8.70. The molecule has 0 saturated carbocycles. The molecule has 0 aliphatic carbocycles. The van der Waals surface area contributed by atoms with Gasteiger partial charge >= 0.3 is 0 Å². The zero-order chi connectivity index (χ0) is 26.0. The Morgan fingerprint density at radius 3 is 2.40 bits per heavy atom. The van der Waals surface area contributed by atoms with Gasteiger partial charge in [0.1, 0.15) is 12.3 Å². The summed E-state index contributed by atoms with van der Waals surface area (Å²) in [4.78, 5) is 60.4. The van der Waals surface area contributed by atoms with Crippen LogP contribution in [0.3, 0.4) is 0 Å². The molecule has 0 spiro atoms. The summed E-state index contributed by atoms with van der Waals surface area (Å²) < 4.78 is 0. The van der Waals surface area contributed by atoms with Gasteiger partial charge in [0.2, 0.25) is 12.3 Å². The first-order valence-corrected chi connectivity index (χ1v) is 11.1. The van der Waals surface area contributed by atoms with E-state index in [9.17, 15) is 24.0 Å². The lowest BCUT2D eigenvalue weighted by atomic mass is 10.1. The number of halogens is 1. The van der Waals surface area contributed by atoms with Crippen LogP contribution in [0.15, 0.2) is 54.2 Å². The number of carbonyl (C=O) groups is 5. The Labute approximate surface area is 208 Å². The number of aldehydes is 1. The van der Waals surface area contributed by atoms with Crippen molar-refractivity contribution in [2.75, 3.05) is 17.7 Å². The third-order valence-electron chi connectivity index (χ3n) is 5.05. The molecule has 2 rings (SSSR count). The molecule has 9 nitrogen and oxygen atoms in total. The maximum Gasteiger partial charge on any atom is 0.255 e. The van der Waals surface area contributed by atoms with Crippen LogP contribution in [0, 0.1) is 6.92 Å². The van der Waals surface area contributed by atoms with Crippen molar-refractivity contribution in [2.24, 2.45) is 0 Å². The van der Waals surface area contributed by atoms with Crippen molar-refractivity contribution in [2.45, 2.75) is 32.7 Å². The van der Waals surface area contributed by atoms with Gasteiger partial charge in [0.25, 0.3) is 11.8 Å². The van der Waals surface area contributed by atoms with Gasteiger partial charge < -0.3 is 20.7 Å². The molecule has 3 N–H and O–H groups in total. The SMILES string of the molecule is CNC(=O)C(CCC=O)N(C=O)C(=O)/C=C(\C)Nc1cccc(C(=O)Nc2ccc(C)c(Cl)c2)c1. The van der Waals surface area contributed by atoms with Gasteiger partial charge in [-0.2, -0.15) is 0 Å². The van der Waals surface area contributed by atoms with Crippen LogP contribution in [-0.4, -0.2) is 48.4 Å². The molecule has 184 valence electrons. The zero-order valence-corrected chi connectivity index (χ0v) is 20.4. The Hall–Kier alpha value is -3.98. The van der Waals surface area contributed by atoms with Gasteiger partial charge in [-0.15, -0.1) is 0 Å². The van der Waals surface area contributed by atoms with E-state index in [2.05, 4.69) is 16.0 Å². The van der Waals surface area contributed by atoms with Crippen molar-refractivity contribution in [3.05, 3.63) is 70.4 Å². The lowest BCUT2D eigenvalue weighted by Gasteiger charge is -2.24. The average Bonchev–Trinajstić information content (AvgIpc) is 2.83. The van der Waals surface area contributed by atoms with E-state index in [1.807, 2.05) is 6.92 Å². The predicted octanol–water partition coefficient (Wildman–Crippen LogP) is 3.30. The van der Waals surface area contributed by atoms with Crippen molar-refractivity contribution in [1.82, 2.24) is 10.2 Å². The minimum absolute atomic E-state index is 0.0112. The smallest absolute Gasteiger partial charge is 0.255 e. The highest BCUT2D eigenvalue weighted by molar-refractivity contribution is 6.31. The molecule has 0 aromatic heterocycles. The Balaban J connectivity index is 2.14. The van der Waals surface area contributed by atoms with Crippen LogP contribution in [0.2, 0.25) is 5.02 Å². The van der Waals surface area contributed by atoms with E-state index in [0.29, 0.717) is 33.9 Å². The van der Waals surface area contributed by atoms with Crippen molar-refractivity contribution in [1.29, 1.82) is 0 Å². The highest BCUT2D eigenvalue weighted by Gasteiger charge is 2.27. The summed E-state index contributed by atoms with van der Waals surface area (Å²) in [7, 11) is 1.38. The number of rotatable bonds is 11. The summed E-state index contributed by atoms with van der Waals surface area (Å²) >= 11 is 6.11. The van der Waals surface area contributed by atoms with Crippen LogP contribution in [0.25, 0.3) is 0 Å². The molecule has 0 radical (unpaired) electrons. The van der Waals surface area contributed by atoms with Crippen molar-refractivity contribution in [3.63, 3.8) is 0 Å². The van der Waals surface area contributed by atoms with Crippen LogP contribution < -0.4 is 16.0 Å². The van der Waals surface area contributed by atoms with Gasteiger partial charge in [-0.05, 0) is 56.2 Å². The monoisotopic (exact) mass is 498 g/mol. The summed E-state index contributed by atoms with van der Waals surface area (Å²) in [6.45, 7) is 3.46. The maximum atomic E-state index is 12.7. The third-order valence-corrected chi connectivity index (χ3v) is 5.45. The summed E-state index contributed by atoms with van der Waals surface area (Å²) in [5.41, 5.74) is 2.72. The minimum Gasteiger partial charge on any atom is -0.359 e. The van der Waals surface area contributed by atoms with Crippen LogP contribution in [0.1, 0.15) is 35.7 Å². The topological polar surface area (TPSA) is 125 Å². The van der Waals surface area contributed by atoms with E-state index in [0.717, 1.165) is 16.5 Å². The highest BCUT2D eigenvalue weighted by atomic mass is 35.5. The van der Waals surface area contributed by atoms with Crippen molar-refractivity contribution in [3.8, 4) is 0 Å². The van der Waals surface area contributed by atoms with Crippen molar-refractivity contribution < 1.29 is 24.0 Å². The Morgan fingerprint density at radius 2 is 1.77 bits per heavy atom. The second-order valence-electron chi connectivity index (χ2n) is 7.68. The molecule has 4 amide bonds. The molecular weight excluding hydrogens is 472 g/mol. The quantitative estimate of drug-likeness (QED) is 0.322. The number of benzene rings is 2. The predicted molar refractivity (Wildman–Crippen MR) is 134 cm³/mol. The Bertz CT molecular complexity index is 1150. The molecule has 35 heavy (non-hydrogen) atoms. The summed E-state index contributed by atoms with van der Waals surface area (Å²) in [5.74, 6) is -1.63. The maximum absolute atomic E-state index is 12.7. The van der Waals surface area contributed by atoms with E-state index in [4.69, 9.17) is 11.6 Å². The first kappa shape index (κ1) is 27.3. The molecular formula is C25H27ClN4O5. The van der Waals surface area contributed by atoms with E-state index < -0.39 is 17.9 Å². The van der Waals surface area contributed by atoms with Gasteiger partial charge in [-0.3, -0.25) is 24.1 Å². The molecule has 10 heteroatoms. The normalized spacial score (nSPS) is 11.7. The Kier molecular flexibility index (Phi) is 10.2. The molecule has 2 aromatic rings. The lowest BCUT2D eigenvalue weighted by molar-refractivity contribution is -0.143. The fourth-order valence-electron chi connectivity index (χ4n) is 3.20. The van der Waals surface area contributed by atoms with Gasteiger partial charge in [0.15, 0.2) is 0 Å². The first-order chi connectivity index (χ1) is 16.7. The van der Waals surface area contributed by atoms with Crippen LogP contribution in [0.5, 0.6) is 0 Å². The number of nitrogens with one attached hydrogen (secondary N) is 3. The molecule has 0 bridgehead atoms. The number of nitrogens with zero attached hydrogens (tertiary/aromatic N) is 1. The second kappa shape index (κ2) is 13.0. The van der Waals surface area contributed by atoms with E-state index >= 15 is 0 Å². The molecule has 1 atom stereocenters. The number of likely N-dealkylation sites (N-methyl/N-ethyl adjacent to an activating group) is 1. The zero-order valence-electron chi connectivity index (χ0n) is 19.6. The lowest BCUT2D eigenvalue weighted by Crippen LogP contribution is -2.47. The average molecular weight is 499 g/mol. The van der Waals surface area contributed by atoms with E-state index in [1.54, 1.807) is 49.4 Å². The van der Waals surface area contributed by atoms with Gasteiger partial charge in [-0.25, -0.2) is 0 Å². The number of aryl methyl sites for hydroxylation is 1. The molecule has 1 unspecified atom stereocenters. The largest absolute Gasteiger partial charge is 0.359 e. The number of hydrogen-bond acceptors (Lipinski definition) is 6. The standard InChI is InChI=1S/C25H27ClN4O5/c1-16-9-10-20(14-21(16)26)29-24(34)18-6-4-7-19(13-18)28-17(2)12-23(33)30(15-32)22(8-5-11-31)25(35)27-3/h4,6-7,9-15,22,28H,5,8H2,1-3H3,(H,27,35)(H,29,34)/b17-12+. The number of anilines is 2.